The van der Waals surface area contributed by atoms with Crippen molar-refractivity contribution in [3.8, 4) is 0 Å². The van der Waals surface area contributed by atoms with Crippen LogP contribution in [-0.2, 0) is 25.9 Å². The summed E-state index contributed by atoms with van der Waals surface area (Å²) in [6, 6.07) is 19.0. The lowest BCUT2D eigenvalue weighted by molar-refractivity contribution is 0.380. The second kappa shape index (κ2) is 6.23. The third kappa shape index (κ3) is 2.94. The molecule has 2 aliphatic rings. The highest BCUT2D eigenvalue weighted by Gasteiger charge is 2.21. The van der Waals surface area contributed by atoms with Gasteiger partial charge in [0.25, 0.3) is 0 Å². The van der Waals surface area contributed by atoms with Gasteiger partial charge in [-0.15, -0.1) is 0 Å². The van der Waals surface area contributed by atoms with E-state index >= 15 is 0 Å². The molecule has 2 heterocycles. The first-order valence-electron chi connectivity index (χ1n) is 8.49. The number of rotatable bonds is 3. The van der Waals surface area contributed by atoms with Crippen molar-refractivity contribution in [2.75, 3.05) is 0 Å². The Hall–Kier alpha value is -1.64. The van der Waals surface area contributed by atoms with Crippen LogP contribution in [0, 0.1) is 0 Å². The lowest BCUT2D eigenvalue weighted by atomic mass is 9.89. The molecule has 2 aromatic carbocycles. The number of hydrogen-bond donors (Lipinski definition) is 2. The Balaban J connectivity index is 1.33. The van der Waals surface area contributed by atoms with Crippen molar-refractivity contribution in [1.29, 1.82) is 0 Å². The zero-order valence-corrected chi connectivity index (χ0v) is 13.0. The molecule has 22 heavy (non-hydrogen) atoms. The molecule has 0 saturated heterocycles. The first kappa shape index (κ1) is 14.0. The minimum atomic E-state index is 0.633. The molecule has 0 fully saturated rings. The quantitative estimate of drug-likeness (QED) is 0.908. The molecule has 0 aliphatic carbocycles. The Kier molecular flexibility index (Phi) is 3.96. The molecule has 0 saturated carbocycles. The van der Waals surface area contributed by atoms with Crippen molar-refractivity contribution in [2.24, 2.45) is 0 Å². The molecule has 2 N–H and O–H groups in total. The van der Waals surface area contributed by atoms with E-state index in [4.69, 9.17) is 0 Å². The summed E-state index contributed by atoms with van der Waals surface area (Å²) in [5.41, 5.74) is 6.02. The van der Waals surface area contributed by atoms with Crippen molar-refractivity contribution in [3.63, 3.8) is 0 Å². The minimum absolute atomic E-state index is 0.633. The van der Waals surface area contributed by atoms with Gasteiger partial charge in [0.2, 0.25) is 0 Å². The molecule has 2 aliphatic heterocycles. The zero-order valence-electron chi connectivity index (χ0n) is 13.0. The van der Waals surface area contributed by atoms with Gasteiger partial charge >= 0.3 is 0 Å². The summed E-state index contributed by atoms with van der Waals surface area (Å²) in [5.74, 6) is 0. The van der Waals surface area contributed by atoms with E-state index in [1.165, 1.54) is 47.9 Å². The van der Waals surface area contributed by atoms with Gasteiger partial charge in [-0.05, 0) is 47.9 Å². The van der Waals surface area contributed by atoms with Crippen molar-refractivity contribution in [1.82, 2.24) is 10.6 Å². The van der Waals surface area contributed by atoms with Crippen LogP contribution in [0.5, 0.6) is 0 Å². The van der Waals surface area contributed by atoms with Gasteiger partial charge in [-0.2, -0.15) is 0 Å². The minimum Gasteiger partial charge on any atom is -0.310 e. The fraction of sp³-hybridized carbons (Fsp3) is 0.400. The normalized spacial score (nSPS) is 23.6. The Morgan fingerprint density at radius 2 is 1.05 bits per heavy atom. The van der Waals surface area contributed by atoms with E-state index < -0.39 is 0 Å². The number of hydrogen-bond acceptors (Lipinski definition) is 2. The maximum atomic E-state index is 3.71. The Morgan fingerprint density at radius 3 is 1.50 bits per heavy atom. The average molecular weight is 292 g/mol. The van der Waals surface area contributed by atoms with Gasteiger partial charge in [-0.25, -0.2) is 0 Å². The van der Waals surface area contributed by atoms with Crippen molar-refractivity contribution in [2.45, 2.75) is 50.9 Å². The third-order valence-corrected chi connectivity index (χ3v) is 5.20. The monoisotopic (exact) mass is 292 g/mol. The highest BCUT2D eigenvalue weighted by molar-refractivity contribution is 5.31. The fourth-order valence-corrected chi connectivity index (χ4v) is 3.85. The molecule has 1 unspecified atom stereocenters. The highest BCUT2D eigenvalue weighted by atomic mass is 14.9. The topological polar surface area (TPSA) is 24.1 Å². The summed E-state index contributed by atoms with van der Waals surface area (Å²) in [6.07, 6.45) is 4.88. The lowest BCUT2D eigenvalue weighted by Crippen LogP contribution is -2.39. The smallest absolute Gasteiger partial charge is 0.0210 e. The molecule has 0 aromatic heterocycles. The van der Waals surface area contributed by atoms with Gasteiger partial charge in [0.1, 0.15) is 0 Å². The fourth-order valence-electron chi connectivity index (χ4n) is 3.85. The Labute approximate surface area is 132 Å². The van der Waals surface area contributed by atoms with Crippen LogP contribution < -0.4 is 10.6 Å². The van der Waals surface area contributed by atoms with Gasteiger partial charge in [-0.1, -0.05) is 48.5 Å². The van der Waals surface area contributed by atoms with Crippen LogP contribution in [0.2, 0.25) is 0 Å². The number of fused-ring (bicyclic) bond motifs is 2. The van der Waals surface area contributed by atoms with Crippen LogP contribution in [-0.4, -0.2) is 12.1 Å². The van der Waals surface area contributed by atoms with Crippen LogP contribution in [0.1, 0.15) is 35.1 Å². The SMILES string of the molecule is c1ccc2c(c1)CNC(CC[C@H]1Cc3ccccc3CN1)C2. The molecule has 114 valence electrons. The Morgan fingerprint density at radius 1 is 0.636 bits per heavy atom. The largest absolute Gasteiger partial charge is 0.310 e. The van der Waals surface area contributed by atoms with Gasteiger partial charge in [0, 0.05) is 25.2 Å². The Bertz CT molecular complexity index is 592. The molecule has 2 heteroatoms. The molecule has 2 atom stereocenters. The maximum Gasteiger partial charge on any atom is 0.0210 e. The van der Waals surface area contributed by atoms with Crippen LogP contribution in [0.4, 0.5) is 0 Å². The standard InChI is InChI=1S/C20H24N2/c1-3-7-17-13-21-19(11-15(17)5-1)9-10-20-12-16-6-2-4-8-18(16)14-22-20/h1-8,19-22H,9-14H2/t19-,20?/m0/s1. The van der Waals surface area contributed by atoms with E-state index in [1.807, 2.05) is 0 Å². The molecule has 0 radical (unpaired) electrons. The number of nitrogens with one attached hydrogen (secondary N) is 2. The molecule has 2 aromatic rings. The van der Waals surface area contributed by atoms with E-state index in [0.29, 0.717) is 12.1 Å². The first-order valence-corrected chi connectivity index (χ1v) is 8.49. The summed E-state index contributed by atoms with van der Waals surface area (Å²) in [5, 5.41) is 7.41. The average Bonchev–Trinajstić information content (AvgIpc) is 2.59. The van der Waals surface area contributed by atoms with Crippen molar-refractivity contribution < 1.29 is 0 Å². The second-order valence-electron chi connectivity index (χ2n) is 6.68. The molecular formula is C20H24N2. The van der Waals surface area contributed by atoms with E-state index in [1.54, 1.807) is 0 Å². The molecule has 0 bridgehead atoms. The first-order chi connectivity index (χ1) is 10.9. The third-order valence-electron chi connectivity index (χ3n) is 5.20. The van der Waals surface area contributed by atoms with Crippen LogP contribution in [0.15, 0.2) is 48.5 Å². The van der Waals surface area contributed by atoms with Crippen molar-refractivity contribution >= 4 is 0 Å². The van der Waals surface area contributed by atoms with Gasteiger partial charge in [-0.3, -0.25) is 0 Å². The molecule has 0 amide bonds. The summed E-state index contributed by atoms with van der Waals surface area (Å²) in [4.78, 5) is 0. The van der Waals surface area contributed by atoms with Gasteiger partial charge < -0.3 is 10.6 Å². The summed E-state index contributed by atoms with van der Waals surface area (Å²) < 4.78 is 0. The van der Waals surface area contributed by atoms with E-state index in [2.05, 4.69) is 59.2 Å². The van der Waals surface area contributed by atoms with E-state index in [-0.39, 0.29) is 0 Å². The van der Waals surface area contributed by atoms with Crippen LogP contribution in [0.3, 0.4) is 0 Å². The summed E-state index contributed by atoms with van der Waals surface area (Å²) in [6.45, 7) is 2.06. The van der Waals surface area contributed by atoms with Crippen LogP contribution in [0.25, 0.3) is 0 Å². The molecule has 2 nitrogen and oxygen atoms in total. The van der Waals surface area contributed by atoms with Crippen LogP contribution >= 0.6 is 0 Å². The lowest BCUT2D eigenvalue weighted by Gasteiger charge is -2.30. The predicted octanol–water partition coefficient (Wildman–Crippen LogP) is 3.20. The van der Waals surface area contributed by atoms with E-state index in [9.17, 15) is 0 Å². The molecule has 4 rings (SSSR count). The molecular weight excluding hydrogens is 268 g/mol. The van der Waals surface area contributed by atoms with Gasteiger partial charge in [0.05, 0.1) is 0 Å². The summed E-state index contributed by atoms with van der Waals surface area (Å²) in [7, 11) is 0. The van der Waals surface area contributed by atoms with E-state index in [0.717, 1.165) is 13.1 Å². The highest BCUT2D eigenvalue weighted by Crippen LogP contribution is 2.22. The second-order valence-corrected chi connectivity index (χ2v) is 6.68. The predicted molar refractivity (Wildman–Crippen MR) is 90.8 cm³/mol. The summed E-state index contributed by atoms with van der Waals surface area (Å²) >= 11 is 0. The van der Waals surface area contributed by atoms with Gasteiger partial charge in [0.15, 0.2) is 0 Å². The number of benzene rings is 2. The molecule has 0 spiro atoms. The van der Waals surface area contributed by atoms with Crippen molar-refractivity contribution in [3.05, 3.63) is 70.8 Å². The maximum absolute atomic E-state index is 3.71. The zero-order chi connectivity index (χ0) is 14.8.